The average molecular weight is 345 g/mol. The van der Waals surface area contributed by atoms with Gasteiger partial charge in [-0.1, -0.05) is 18.6 Å². The topological polar surface area (TPSA) is 32.3 Å². The lowest BCUT2D eigenvalue weighted by Gasteiger charge is -2.17. The average Bonchev–Trinajstić information content (AvgIpc) is 2.79. The second kappa shape index (κ2) is 6.71. The van der Waals surface area contributed by atoms with Crippen LogP contribution >= 0.6 is 22.6 Å². The van der Waals surface area contributed by atoms with Gasteiger partial charge in [0.25, 0.3) is 0 Å². The first-order valence-electron chi connectivity index (χ1n) is 6.35. The SMILES string of the molecule is OCC1CCCC1CNCc1ccc(I)cc1. The van der Waals surface area contributed by atoms with E-state index >= 15 is 0 Å². The molecule has 0 bridgehead atoms. The van der Waals surface area contributed by atoms with Crippen molar-refractivity contribution in [2.24, 2.45) is 11.8 Å². The van der Waals surface area contributed by atoms with Gasteiger partial charge in [-0.25, -0.2) is 0 Å². The van der Waals surface area contributed by atoms with Gasteiger partial charge in [0, 0.05) is 16.7 Å². The van der Waals surface area contributed by atoms with E-state index in [1.165, 1.54) is 28.4 Å². The van der Waals surface area contributed by atoms with E-state index in [9.17, 15) is 5.11 Å². The van der Waals surface area contributed by atoms with E-state index in [-0.39, 0.29) is 0 Å². The molecule has 2 N–H and O–H groups in total. The summed E-state index contributed by atoms with van der Waals surface area (Å²) in [6.45, 7) is 2.33. The van der Waals surface area contributed by atoms with Crippen molar-refractivity contribution in [1.29, 1.82) is 0 Å². The molecule has 1 fully saturated rings. The van der Waals surface area contributed by atoms with Crippen LogP contribution in [0.2, 0.25) is 0 Å². The number of halogens is 1. The molecular weight excluding hydrogens is 325 g/mol. The summed E-state index contributed by atoms with van der Waals surface area (Å²) in [5.74, 6) is 1.20. The predicted octanol–water partition coefficient (Wildman–Crippen LogP) is 2.79. The largest absolute Gasteiger partial charge is 0.396 e. The summed E-state index contributed by atoms with van der Waals surface area (Å²) < 4.78 is 1.28. The van der Waals surface area contributed by atoms with E-state index in [0.717, 1.165) is 13.1 Å². The lowest BCUT2D eigenvalue weighted by Crippen LogP contribution is -2.26. The summed E-state index contributed by atoms with van der Waals surface area (Å²) in [6, 6.07) is 8.63. The maximum Gasteiger partial charge on any atom is 0.0462 e. The molecule has 3 heteroatoms. The zero-order valence-electron chi connectivity index (χ0n) is 10.0. The summed E-state index contributed by atoms with van der Waals surface area (Å²) in [4.78, 5) is 0. The molecule has 2 nitrogen and oxygen atoms in total. The fourth-order valence-electron chi connectivity index (χ4n) is 2.63. The Morgan fingerprint density at radius 1 is 1.18 bits per heavy atom. The van der Waals surface area contributed by atoms with E-state index in [1.807, 2.05) is 0 Å². The molecule has 0 radical (unpaired) electrons. The van der Waals surface area contributed by atoms with Crippen LogP contribution < -0.4 is 5.32 Å². The first-order valence-corrected chi connectivity index (χ1v) is 7.43. The number of hydrogen-bond acceptors (Lipinski definition) is 2. The molecule has 2 rings (SSSR count). The Balaban J connectivity index is 1.74. The van der Waals surface area contributed by atoms with Crippen LogP contribution in [0.4, 0.5) is 0 Å². The third-order valence-corrected chi connectivity index (χ3v) is 4.42. The Hall–Kier alpha value is -0.130. The molecule has 0 aromatic heterocycles. The summed E-state index contributed by atoms with van der Waals surface area (Å²) >= 11 is 2.32. The predicted molar refractivity (Wildman–Crippen MR) is 78.8 cm³/mol. The minimum Gasteiger partial charge on any atom is -0.396 e. The van der Waals surface area contributed by atoms with Crippen LogP contribution in [0.15, 0.2) is 24.3 Å². The van der Waals surface area contributed by atoms with Crippen LogP contribution in [0.25, 0.3) is 0 Å². The Morgan fingerprint density at radius 2 is 1.88 bits per heavy atom. The zero-order valence-corrected chi connectivity index (χ0v) is 12.2. The molecule has 0 saturated heterocycles. The highest BCUT2D eigenvalue weighted by Gasteiger charge is 2.25. The molecule has 0 heterocycles. The van der Waals surface area contributed by atoms with Crippen molar-refractivity contribution in [3.63, 3.8) is 0 Å². The van der Waals surface area contributed by atoms with Crippen molar-refractivity contribution in [3.05, 3.63) is 33.4 Å². The lowest BCUT2D eigenvalue weighted by molar-refractivity contribution is 0.192. The molecule has 94 valence electrons. The van der Waals surface area contributed by atoms with Crippen LogP contribution in [-0.2, 0) is 6.54 Å². The Kier molecular flexibility index (Phi) is 5.25. The van der Waals surface area contributed by atoms with Crippen molar-refractivity contribution in [3.8, 4) is 0 Å². The van der Waals surface area contributed by atoms with E-state index < -0.39 is 0 Å². The highest BCUT2D eigenvalue weighted by molar-refractivity contribution is 14.1. The van der Waals surface area contributed by atoms with Crippen LogP contribution in [-0.4, -0.2) is 18.3 Å². The van der Waals surface area contributed by atoms with E-state index in [4.69, 9.17) is 0 Å². The molecule has 1 aliphatic carbocycles. The van der Waals surface area contributed by atoms with Gasteiger partial charge in [0.15, 0.2) is 0 Å². The van der Waals surface area contributed by atoms with Gasteiger partial charge in [-0.2, -0.15) is 0 Å². The number of hydrogen-bond donors (Lipinski definition) is 2. The highest BCUT2D eigenvalue weighted by Crippen LogP contribution is 2.30. The quantitative estimate of drug-likeness (QED) is 0.805. The third-order valence-electron chi connectivity index (χ3n) is 3.70. The van der Waals surface area contributed by atoms with Gasteiger partial charge < -0.3 is 10.4 Å². The molecule has 1 aromatic rings. The summed E-state index contributed by atoms with van der Waals surface area (Å²) in [7, 11) is 0. The lowest BCUT2D eigenvalue weighted by atomic mass is 9.97. The van der Waals surface area contributed by atoms with Crippen LogP contribution in [0.3, 0.4) is 0 Å². The normalized spacial score (nSPS) is 24.1. The second-order valence-corrected chi connectivity index (χ2v) is 6.14. The van der Waals surface area contributed by atoms with Crippen molar-refractivity contribution >= 4 is 22.6 Å². The fraction of sp³-hybridized carbons (Fsp3) is 0.571. The summed E-state index contributed by atoms with van der Waals surface area (Å²) in [6.07, 6.45) is 3.75. The number of aliphatic hydroxyl groups is 1. The van der Waals surface area contributed by atoms with Crippen molar-refractivity contribution < 1.29 is 5.11 Å². The molecule has 17 heavy (non-hydrogen) atoms. The van der Waals surface area contributed by atoms with Gasteiger partial charge in [0.2, 0.25) is 0 Å². The molecule has 1 saturated carbocycles. The molecule has 0 amide bonds. The Bertz CT molecular complexity index is 339. The molecule has 2 atom stereocenters. The monoisotopic (exact) mass is 345 g/mol. The maximum atomic E-state index is 9.25. The number of rotatable bonds is 5. The second-order valence-electron chi connectivity index (χ2n) is 4.89. The van der Waals surface area contributed by atoms with Gasteiger partial charge in [-0.05, 0) is 71.5 Å². The van der Waals surface area contributed by atoms with E-state index in [1.54, 1.807) is 0 Å². The smallest absolute Gasteiger partial charge is 0.0462 e. The van der Waals surface area contributed by atoms with Crippen molar-refractivity contribution in [2.75, 3.05) is 13.2 Å². The van der Waals surface area contributed by atoms with Gasteiger partial charge in [0.05, 0.1) is 0 Å². The highest BCUT2D eigenvalue weighted by atomic mass is 127. The molecule has 1 aromatic carbocycles. The molecule has 0 spiro atoms. The summed E-state index contributed by atoms with van der Waals surface area (Å²) in [5, 5.41) is 12.8. The van der Waals surface area contributed by atoms with E-state index in [0.29, 0.717) is 18.4 Å². The number of benzene rings is 1. The van der Waals surface area contributed by atoms with Crippen molar-refractivity contribution in [1.82, 2.24) is 5.32 Å². The standard InChI is InChI=1S/C14H20INO/c15-14-6-4-11(5-7-14)8-16-9-12-2-1-3-13(12)10-17/h4-7,12-13,16-17H,1-3,8-10H2. The fourth-order valence-corrected chi connectivity index (χ4v) is 2.99. The van der Waals surface area contributed by atoms with Gasteiger partial charge in [-0.3, -0.25) is 0 Å². The first kappa shape index (κ1) is 13.3. The van der Waals surface area contributed by atoms with Gasteiger partial charge in [-0.15, -0.1) is 0 Å². The van der Waals surface area contributed by atoms with Crippen LogP contribution in [0.5, 0.6) is 0 Å². The molecule has 0 aliphatic heterocycles. The first-order chi connectivity index (χ1) is 8.29. The van der Waals surface area contributed by atoms with Crippen molar-refractivity contribution in [2.45, 2.75) is 25.8 Å². The van der Waals surface area contributed by atoms with Gasteiger partial charge >= 0.3 is 0 Å². The Labute approximate surface area is 117 Å². The summed E-state index contributed by atoms with van der Waals surface area (Å²) in [5.41, 5.74) is 1.34. The van der Waals surface area contributed by atoms with Crippen LogP contribution in [0, 0.1) is 15.4 Å². The molecule has 1 aliphatic rings. The number of nitrogens with one attached hydrogen (secondary N) is 1. The van der Waals surface area contributed by atoms with Crippen LogP contribution in [0.1, 0.15) is 24.8 Å². The maximum absolute atomic E-state index is 9.25. The molecular formula is C14H20INO. The minimum atomic E-state index is 0.357. The Morgan fingerprint density at radius 3 is 2.59 bits per heavy atom. The zero-order chi connectivity index (χ0) is 12.1. The third kappa shape index (κ3) is 3.93. The van der Waals surface area contributed by atoms with Gasteiger partial charge in [0.1, 0.15) is 0 Å². The minimum absolute atomic E-state index is 0.357. The molecule has 2 unspecified atom stereocenters. The number of aliphatic hydroxyl groups excluding tert-OH is 1. The van der Waals surface area contributed by atoms with E-state index in [2.05, 4.69) is 52.2 Å².